The van der Waals surface area contributed by atoms with E-state index in [4.69, 9.17) is 19.1 Å². The van der Waals surface area contributed by atoms with Crippen LogP contribution < -0.4 is 0 Å². The highest BCUT2D eigenvalue weighted by molar-refractivity contribution is 5.75. The SMILES string of the molecule is CCCCOC1C[C@@H]2CC[C@@H]3[C@@H](C(=O)OC)ON(O1)[C@]23C. The molecule has 0 aromatic carbocycles. The molecule has 0 spiro atoms. The molecule has 0 bridgehead atoms. The number of unbranched alkanes of at least 4 members (excludes halogenated alkanes) is 1. The van der Waals surface area contributed by atoms with Crippen molar-refractivity contribution in [3.8, 4) is 0 Å². The maximum Gasteiger partial charge on any atom is 0.337 e. The number of hydroxylamine groups is 2. The monoisotopic (exact) mass is 299 g/mol. The maximum absolute atomic E-state index is 11.9. The second-order valence-electron chi connectivity index (χ2n) is 6.41. The smallest absolute Gasteiger partial charge is 0.337 e. The zero-order chi connectivity index (χ0) is 15.0. The van der Waals surface area contributed by atoms with Crippen LogP contribution >= 0.6 is 0 Å². The second kappa shape index (κ2) is 5.83. The highest BCUT2D eigenvalue weighted by Gasteiger charge is 2.65. The van der Waals surface area contributed by atoms with E-state index in [0.717, 1.165) is 32.1 Å². The van der Waals surface area contributed by atoms with Crippen molar-refractivity contribution in [2.75, 3.05) is 13.7 Å². The molecule has 6 heteroatoms. The number of rotatable bonds is 5. The summed E-state index contributed by atoms with van der Waals surface area (Å²) >= 11 is 0. The lowest BCUT2D eigenvalue weighted by Gasteiger charge is -2.43. The Bertz CT molecular complexity index is 404. The molecule has 21 heavy (non-hydrogen) atoms. The van der Waals surface area contributed by atoms with E-state index in [0.29, 0.717) is 12.5 Å². The lowest BCUT2D eigenvalue weighted by atomic mass is 9.79. The topological polar surface area (TPSA) is 57.2 Å². The average Bonchev–Trinajstić information content (AvgIpc) is 2.97. The summed E-state index contributed by atoms with van der Waals surface area (Å²) in [5.74, 6) is 0.243. The van der Waals surface area contributed by atoms with Gasteiger partial charge in [0.15, 0.2) is 12.4 Å². The minimum absolute atomic E-state index is 0.131. The molecular formula is C15H25NO5. The fourth-order valence-electron chi connectivity index (χ4n) is 3.96. The Labute approximate surface area is 125 Å². The molecule has 6 nitrogen and oxygen atoms in total. The van der Waals surface area contributed by atoms with Gasteiger partial charge in [0.05, 0.1) is 12.6 Å². The molecule has 3 aliphatic rings. The van der Waals surface area contributed by atoms with E-state index in [1.54, 1.807) is 0 Å². The molecule has 120 valence electrons. The molecule has 0 aromatic heterocycles. The van der Waals surface area contributed by atoms with E-state index < -0.39 is 6.10 Å². The Morgan fingerprint density at radius 2 is 2.19 bits per heavy atom. The Hall–Kier alpha value is -0.690. The highest BCUT2D eigenvalue weighted by Crippen LogP contribution is 2.56. The lowest BCUT2D eigenvalue weighted by Crippen LogP contribution is -2.54. The van der Waals surface area contributed by atoms with Crippen molar-refractivity contribution in [2.45, 2.75) is 63.9 Å². The molecule has 1 aliphatic carbocycles. The number of carbonyl (C=O) groups is 1. The van der Waals surface area contributed by atoms with Gasteiger partial charge in [-0.15, -0.1) is 0 Å². The minimum Gasteiger partial charge on any atom is -0.467 e. The molecule has 2 aliphatic heterocycles. The van der Waals surface area contributed by atoms with Crippen LogP contribution in [0.15, 0.2) is 0 Å². The van der Waals surface area contributed by atoms with Crippen molar-refractivity contribution < 1.29 is 23.9 Å². The van der Waals surface area contributed by atoms with Gasteiger partial charge in [-0.3, -0.25) is 4.84 Å². The Balaban J connectivity index is 1.71. The molecule has 2 saturated heterocycles. The van der Waals surface area contributed by atoms with Crippen LogP contribution in [0.1, 0.15) is 46.0 Å². The van der Waals surface area contributed by atoms with Gasteiger partial charge in [-0.25, -0.2) is 9.63 Å². The number of nitrogens with zero attached hydrogens (tertiary/aromatic N) is 1. The van der Waals surface area contributed by atoms with Crippen LogP contribution in [0, 0.1) is 11.8 Å². The Kier molecular flexibility index (Phi) is 4.23. The standard InChI is InChI=1S/C15H25NO5/c1-4-5-8-19-12-9-10-6-7-11-13(14(17)18-3)21-16(20-12)15(10,11)2/h10-13H,4-9H2,1-3H3/t10-,11+,12?,13-,15+/m0/s1. The summed E-state index contributed by atoms with van der Waals surface area (Å²) in [4.78, 5) is 23.5. The maximum atomic E-state index is 11.9. The number of hydrogen-bond donors (Lipinski definition) is 0. The third-order valence-corrected chi connectivity index (χ3v) is 5.30. The quantitative estimate of drug-likeness (QED) is 0.572. The van der Waals surface area contributed by atoms with Crippen LogP contribution in [0.25, 0.3) is 0 Å². The van der Waals surface area contributed by atoms with Crippen molar-refractivity contribution in [1.82, 2.24) is 5.23 Å². The lowest BCUT2D eigenvalue weighted by molar-refractivity contribution is -0.458. The van der Waals surface area contributed by atoms with Crippen molar-refractivity contribution in [1.29, 1.82) is 0 Å². The molecule has 5 atom stereocenters. The normalized spacial score (nSPS) is 42.0. The predicted octanol–water partition coefficient (Wildman–Crippen LogP) is 2.04. The molecule has 0 amide bonds. The first-order chi connectivity index (χ1) is 10.1. The van der Waals surface area contributed by atoms with Gasteiger partial charge in [-0.05, 0) is 32.1 Å². The molecule has 0 radical (unpaired) electrons. The number of carbonyl (C=O) groups excluding carboxylic acids is 1. The van der Waals surface area contributed by atoms with Crippen molar-refractivity contribution in [2.24, 2.45) is 11.8 Å². The van der Waals surface area contributed by atoms with E-state index in [1.807, 2.05) is 0 Å². The van der Waals surface area contributed by atoms with Gasteiger partial charge in [0, 0.05) is 18.9 Å². The molecule has 2 heterocycles. The van der Waals surface area contributed by atoms with Crippen LogP contribution in [-0.4, -0.2) is 42.8 Å². The minimum atomic E-state index is -0.556. The van der Waals surface area contributed by atoms with E-state index >= 15 is 0 Å². The van der Waals surface area contributed by atoms with Gasteiger partial charge in [0.1, 0.15) is 0 Å². The number of methoxy groups -OCH3 is 1. The predicted molar refractivity (Wildman–Crippen MR) is 73.7 cm³/mol. The summed E-state index contributed by atoms with van der Waals surface area (Å²) in [6.45, 7) is 4.96. The summed E-state index contributed by atoms with van der Waals surface area (Å²) in [5, 5.41) is 1.54. The number of hydrogen-bond acceptors (Lipinski definition) is 6. The second-order valence-corrected chi connectivity index (χ2v) is 6.41. The van der Waals surface area contributed by atoms with Crippen molar-refractivity contribution in [3.63, 3.8) is 0 Å². The van der Waals surface area contributed by atoms with Crippen LogP contribution in [0.5, 0.6) is 0 Å². The summed E-state index contributed by atoms with van der Waals surface area (Å²) in [5.41, 5.74) is -0.247. The molecule has 0 aromatic rings. The largest absolute Gasteiger partial charge is 0.467 e. The third kappa shape index (κ3) is 2.38. The zero-order valence-electron chi connectivity index (χ0n) is 13.0. The van der Waals surface area contributed by atoms with Crippen LogP contribution in [0.2, 0.25) is 0 Å². The van der Waals surface area contributed by atoms with Crippen LogP contribution in [0.3, 0.4) is 0 Å². The summed E-state index contributed by atoms with van der Waals surface area (Å²) in [7, 11) is 1.40. The van der Waals surface area contributed by atoms with E-state index in [1.165, 1.54) is 12.3 Å². The third-order valence-electron chi connectivity index (χ3n) is 5.30. The first kappa shape index (κ1) is 15.2. The summed E-state index contributed by atoms with van der Waals surface area (Å²) < 4.78 is 10.7. The Morgan fingerprint density at radius 1 is 1.38 bits per heavy atom. The first-order valence-electron chi connectivity index (χ1n) is 7.94. The molecule has 3 fully saturated rings. The van der Waals surface area contributed by atoms with Gasteiger partial charge in [-0.1, -0.05) is 18.6 Å². The van der Waals surface area contributed by atoms with E-state index in [9.17, 15) is 4.79 Å². The fraction of sp³-hybridized carbons (Fsp3) is 0.933. The first-order valence-corrected chi connectivity index (χ1v) is 7.94. The molecule has 1 unspecified atom stereocenters. The summed E-state index contributed by atoms with van der Waals surface area (Å²) in [6.07, 6.45) is 4.19. The molecular weight excluding hydrogens is 274 g/mol. The van der Waals surface area contributed by atoms with Gasteiger partial charge >= 0.3 is 5.97 Å². The summed E-state index contributed by atoms with van der Waals surface area (Å²) in [6, 6.07) is 0. The van der Waals surface area contributed by atoms with E-state index in [-0.39, 0.29) is 23.7 Å². The van der Waals surface area contributed by atoms with Crippen molar-refractivity contribution >= 4 is 5.97 Å². The van der Waals surface area contributed by atoms with Crippen LogP contribution in [-0.2, 0) is 23.9 Å². The van der Waals surface area contributed by atoms with Gasteiger partial charge in [0.2, 0.25) is 0 Å². The van der Waals surface area contributed by atoms with Gasteiger partial charge in [0.25, 0.3) is 0 Å². The van der Waals surface area contributed by atoms with E-state index in [2.05, 4.69) is 13.8 Å². The molecule has 1 saturated carbocycles. The highest BCUT2D eigenvalue weighted by atomic mass is 17.0. The Morgan fingerprint density at radius 3 is 2.90 bits per heavy atom. The van der Waals surface area contributed by atoms with Crippen molar-refractivity contribution in [3.05, 3.63) is 0 Å². The van der Waals surface area contributed by atoms with Crippen LogP contribution in [0.4, 0.5) is 0 Å². The molecule has 3 rings (SSSR count). The zero-order valence-corrected chi connectivity index (χ0v) is 13.0. The fourth-order valence-corrected chi connectivity index (χ4v) is 3.96. The van der Waals surface area contributed by atoms with Gasteiger partial charge in [-0.2, -0.15) is 0 Å². The van der Waals surface area contributed by atoms with Gasteiger partial charge < -0.3 is 9.47 Å². The number of ether oxygens (including phenoxy) is 2. The molecule has 0 N–H and O–H groups in total. The number of esters is 1. The average molecular weight is 299 g/mol.